The molecular weight excluding hydrogens is 134 g/mol. The standard InChI is InChI=1S/C6H11NO3/c1-6(2,10)3-4(7)5(8)9/h7,10H,3H2,1-2H3,(H,8,9). The fourth-order valence-corrected chi connectivity index (χ4v) is 0.508. The lowest BCUT2D eigenvalue weighted by Crippen LogP contribution is -2.26. The number of aliphatic carboxylic acids is 1. The number of carboxylic acids is 1. The van der Waals surface area contributed by atoms with Gasteiger partial charge in [-0.05, 0) is 13.8 Å². The van der Waals surface area contributed by atoms with Crippen molar-refractivity contribution in [3.63, 3.8) is 0 Å². The molecule has 0 aromatic rings. The maximum absolute atomic E-state index is 10.0. The van der Waals surface area contributed by atoms with Crippen LogP contribution in [-0.2, 0) is 4.79 Å². The molecule has 0 radical (unpaired) electrons. The van der Waals surface area contributed by atoms with E-state index < -0.39 is 17.3 Å². The minimum atomic E-state index is -1.28. The largest absolute Gasteiger partial charge is 0.477 e. The number of rotatable bonds is 3. The summed E-state index contributed by atoms with van der Waals surface area (Å²) in [6.45, 7) is 2.93. The number of aliphatic hydroxyl groups is 1. The van der Waals surface area contributed by atoms with Gasteiger partial charge in [-0.3, -0.25) is 5.41 Å². The normalized spacial score (nSPS) is 11.1. The Bertz CT molecular complexity index is 157. The Labute approximate surface area is 59.0 Å². The molecular formula is C6H11NO3. The molecule has 0 spiro atoms. The molecule has 4 nitrogen and oxygen atoms in total. The van der Waals surface area contributed by atoms with Crippen molar-refractivity contribution in [2.24, 2.45) is 0 Å². The molecule has 0 saturated heterocycles. The van der Waals surface area contributed by atoms with E-state index in [0.29, 0.717) is 0 Å². The molecule has 0 atom stereocenters. The lowest BCUT2D eigenvalue weighted by molar-refractivity contribution is -0.129. The number of carbonyl (C=O) groups is 1. The van der Waals surface area contributed by atoms with Crippen LogP contribution in [-0.4, -0.2) is 27.5 Å². The molecule has 3 N–H and O–H groups in total. The minimum absolute atomic E-state index is 0.123. The van der Waals surface area contributed by atoms with E-state index >= 15 is 0 Å². The Kier molecular flexibility index (Phi) is 2.54. The molecule has 4 heteroatoms. The maximum atomic E-state index is 10.0. The highest BCUT2D eigenvalue weighted by Gasteiger charge is 2.19. The topological polar surface area (TPSA) is 81.4 Å². The summed E-state index contributed by atoms with van der Waals surface area (Å²) in [5, 5.41) is 24.1. The molecule has 0 aromatic carbocycles. The lowest BCUT2D eigenvalue weighted by atomic mass is 10.0. The molecule has 58 valence electrons. The first-order valence-corrected chi connectivity index (χ1v) is 2.86. The summed E-state index contributed by atoms with van der Waals surface area (Å²) in [5.74, 6) is -1.28. The summed E-state index contributed by atoms with van der Waals surface area (Å²) >= 11 is 0. The maximum Gasteiger partial charge on any atom is 0.349 e. The number of carboxylic acid groups (broad SMARTS) is 1. The monoisotopic (exact) mass is 145 g/mol. The van der Waals surface area contributed by atoms with E-state index in [1.54, 1.807) is 0 Å². The van der Waals surface area contributed by atoms with Gasteiger partial charge in [0, 0.05) is 6.42 Å². The van der Waals surface area contributed by atoms with Gasteiger partial charge in [0.25, 0.3) is 0 Å². The Morgan fingerprint density at radius 3 is 2.10 bits per heavy atom. The minimum Gasteiger partial charge on any atom is -0.477 e. The lowest BCUT2D eigenvalue weighted by Gasteiger charge is -2.14. The molecule has 0 aliphatic carbocycles. The second kappa shape index (κ2) is 2.79. The van der Waals surface area contributed by atoms with Crippen LogP contribution in [0.4, 0.5) is 0 Å². The third kappa shape index (κ3) is 4.03. The Morgan fingerprint density at radius 1 is 1.60 bits per heavy atom. The summed E-state index contributed by atoms with van der Waals surface area (Å²) in [6.07, 6.45) is -0.123. The van der Waals surface area contributed by atoms with E-state index in [1.165, 1.54) is 13.8 Å². The number of nitrogens with one attached hydrogen (secondary N) is 1. The zero-order valence-corrected chi connectivity index (χ0v) is 6.01. The molecule has 0 amide bonds. The van der Waals surface area contributed by atoms with Gasteiger partial charge in [-0.15, -0.1) is 0 Å². The Morgan fingerprint density at radius 2 is 2.00 bits per heavy atom. The molecule has 0 aliphatic rings. The molecule has 0 heterocycles. The van der Waals surface area contributed by atoms with E-state index in [2.05, 4.69) is 0 Å². The number of hydrogen-bond acceptors (Lipinski definition) is 3. The highest BCUT2D eigenvalue weighted by Crippen LogP contribution is 2.07. The van der Waals surface area contributed by atoms with Crippen molar-refractivity contribution in [1.82, 2.24) is 0 Å². The fraction of sp³-hybridized carbons (Fsp3) is 0.667. The number of hydrogen-bond donors (Lipinski definition) is 3. The van der Waals surface area contributed by atoms with Gasteiger partial charge in [0.05, 0.1) is 5.60 Å². The first-order chi connectivity index (χ1) is 4.33. The van der Waals surface area contributed by atoms with Crippen LogP contribution < -0.4 is 0 Å². The summed E-state index contributed by atoms with van der Waals surface area (Å²) in [6, 6.07) is 0. The van der Waals surface area contributed by atoms with E-state index in [-0.39, 0.29) is 6.42 Å². The van der Waals surface area contributed by atoms with Crippen LogP contribution in [0.2, 0.25) is 0 Å². The quantitative estimate of drug-likeness (QED) is 0.498. The average Bonchev–Trinajstić information content (AvgIpc) is 1.60. The van der Waals surface area contributed by atoms with Gasteiger partial charge in [0.15, 0.2) is 0 Å². The van der Waals surface area contributed by atoms with E-state index in [9.17, 15) is 4.79 Å². The molecule has 0 fully saturated rings. The van der Waals surface area contributed by atoms with Crippen molar-refractivity contribution in [3.8, 4) is 0 Å². The van der Waals surface area contributed by atoms with Crippen LogP contribution in [0.25, 0.3) is 0 Å². The smallest absolute Gasteiger partial charge is 0.349 e. The van der Waals surface area contributed by atoms with Crippen LogP contribution in [0.5, 0.6) is 0 Å². The molecule has 0 aliphatic heterocycles. The van der Waals surface area contributed by atoms with E-state index in [0.717, 1.165) is 0 Å². The van der Waals surface area contributed by atoms with E-state index in [1.807, 2.05) is 0 Å². The average molecular weight is 145 g/mol. The van der Waals surface area contributed by atoms with Gasteiger partial charge >= 0.3 is 5.97 Å². The van der Waals surface area contributed by atoms with Crippen molar-refractivity contribution in [3.05, 3.63) is 0 Å². The van der Waals surface area contributed by atoms with Crippen LogP contribution >= 0.6 is 0 Å². The molecule has 0 bridgehead atoms. The third-order valence-electron chi connectivity index (χ3n) is 0.868. The van der Waals surface area contributed by atoms with Gasteiger partial charge in [0.1, 0.15) is 5.71 Å². The summed E-state index contributed by atoms with van der Waals surface area (Å²) in [4.78, 5) is 10.0. The van der Waals surface area contributed by atoms with Crippen molar-refractivity contribution in [1.29, 1.82) is 5.41 Å². The zero-order chi connectivity index (χ0) is 8.36. The first kappa shape index (κ1) is 9.10. The van der Waals surface area contributed by atoms with Gasteiger partial charge < -0.3 is 10.2 Å². The predicted octanol–water partition coefficient (Wildman–Crippen LogP) is 0.252. The molecule has 0 unspecified atom stereocenters. The van der Waals surface area contributed by atoms with Gasteiger partial charge in [-0.1, -0.05) is 0 Å². The van der Waals surface area contributed by atoms with Crippen molar-refractivity contribution in [2.45, 2.75) is 25.9 Å². The Hall–Kier alpha value is -0.900. The van der Waals surface area contributed by atoms with Crippen LogP contribution in [0, 0.1) is 5.41 Å². The molecule has 10 heavy (non-hydrogen) atoms. The van der Waals surface area contributed by atoms with Crippen LogP contribution in [0.3, 0.4) is 0 Å². The van der Waals surface area contributed by atoms with Gasteiger partial charge in [0.2, 0.25) is 0 Å². The third-order valence-corrected chi connectivity index (χ3v) is 0.868. The fourth-order valence-electron chi connectivity index (χ4n) is 0.508. The van der Waals surface area contributed by atoms with Crippen LogP contribution in [0.1, 0.15) is 20.3 Å². The summed E-state index contributed by atoms with van der Waals surface area (Å²) < 4.78 is 0. The predicted molar refractivity (Wildman–Crippen MR) is 36.3 cm³/mol. The summed E-state index contributed by atoms with van der Waals surface area (Å²) in [5.41, 5.74) is -1.57. The first-order valence-electron chi connectivity index (χ1n) is 2.86. The van der Waals surface area contributed by atoms with E-state index in [4.69, 9.17) is 15.6 Å². The second-order valence-corrected chi connectivity index (χ2v) is 2.77. The highest BCUT2D eigenvalue weighted by atomic mass is 16.4. The molecule has 0 rings (SSSR count). The van der Waals surface area contributed by atoms with Crippen molar-refractivity contribution < 1.29 is 15.0 Å². The van der Waals surface area contributed by atoms with Crippen molar-refractivity contribution in [2.75, 3.05) is 0 Å². The molecule has 0 aromatic heterocycles. The summed E-state index contributed by atoms with van der Waals surface area (Å²) in [7, 11) is 0. The van der Waals surface area contributed by atoms with Crippen molar-refractivity contribution >= 4 is 11.7 Å². The molecule has 0 saturated carbocycles. The highest BCUT2D eigenvalue weighted by molar-refractivity contribution is 6.34. The van der Waals surface area contributed by atoms with Gasteiger partial charge in [-0.25, -0.2) is 4.79 Å². The SMILES string of the molecule is CC(C)(O)CC(=N)C(=O)O. The Balaban J connectivity index is 3.93. The van der Waals surface area contributed by atoms with Crippen LogP contribution in [0.15, 0.2) is 0 Å². The second-order valence-electron chi connectivity index (χ2n) is 2.77. The zero-order valence-electron chi connectivity index (χ0n) is 6.01. The van der Waals surface area contributed by atoms with Gasteiger partial charge in [-0.2, -0.15) is 0 Å².